The first-order valence-corrected chi connectivity index (χ1v) is 10.8. The molecule has 2 aliphatic heterocycles. The Labute approximate surface area is 184 Å². The van der Waals surface area contributed by atoms with Crippen LogP contribution in [0.2, 0.25) is 0 Å². The van der Waals surface area contributed by atoms with E-state index in [2.05, 4.69) is 61.9 Å². The fraction of sp³-hybridized carbons (Fsp3) is 0.400. The molecule has 0 radical (unpaired) electrons. The van der Waals surface area contributed by atoms with Crippen molar-refractivity contribution in [3.8, 4) is 0 Å². The third kappa shape index (κ3) is 5.09. The number of piperidine rings is 1. The highest BCUT2D eigenvalue weighted by atomic mass is 16.7. The quantitative estimate of drug-likeness (QED) is 0.716. The molecule has 0 saturated carbocycles. The molecule has 0 atom stereocenters. The van der Waals surface area contributed by atoms with Crippen LogP contribution < -0.4 is 10.8 Å². The molecule has 0 bridgehead atoms. The smallest absolute Gasteiger partial charge is 0.351 e. The van der Waals surface area contributed by atoms with E-state index in [0.29, 0.717) is 13.1 Å². The second kappa shape index (κ2) is 8.36. The van der Waals surface area contributed by atoms with Gasteiger partial charge in [-0.05, 0) is 60.1 Å². The average molecular weight is 422 g/mol. The fourth-order valence-corrected chi connectivity index (χ4v) is 3.95. The van der Waals surface area contributed by atoms with Crippen LogP contribution in [0.3, 0.4) is 0 Å². The van der Waals surface area contributed by atoms with E-state index >= 15 is 0 Å². The highest BCUT2D eigenvalue weighted by Gasteiger charge is 2.39. The van der Waals surface area contributed by atoms with E-state index in [0.717, 1.165) is 35.4 Å². The zero-order chi connectivity index (χ0) is 22.1. The standard InChI is InChI=1S/C25H31N3O3/c1-18-6-5-7-21(16-18)26-23(29)30-28-14-12-25(13-15-28)17-22(27-31-25)19-8-10-20(11-9-19)24(2,3)4/h5-11,16-17,27H,12-15H2,1-4H3,(H,26,29). The molecular formula is C25H31N3O3. The molecule has 1 spiro atoms. The average Bonchev–Trinajstić information content (AvgIpc) is 3.13. The lowest BCUT2D eigenvalue weighted by atomic mass is 9.86. The van der Waals surface area contributed by atoms with Crippen LogP contribution in [-0.2, 0) is 15.1 Å². The van der Waals surface area contributed by atoms with E-state index in [1.165, 1.54) is 5.56 Å². The number of amides is 1. The van der Waals surface area contributed by atoms with Crippen molar-refractivity contribution in [3.63, 3.8) is 0 Å². The topological polar surface area (TPSA) is 62.8 Å². The van der Waals surface area contributed by atoms with Gasteiger partial charge in [-0.2, -0.15) is 0 Å². The second-order valence-corrected chi connectivity index (χ2v) is 9.46. The van der Waals surface area contributed by atoms with Crippen molar-refractivity contribution in [2.45, 2.75) is 51.6 Å². The van der Waals surface area contributed by atoms with Gasteiger partial charge in [0.25, 0.3) is 0 Å². The zero-order valence-corrected chi connectivity index (χ0v) is 18.7. The third-order valence-electron chi connectivity index (χ3n) is 5.88. The van der Waals surface area contributed by atoms with Gasteiger partial charge in [-0.15, -0.1) is 5.06 Å². The molecule has 2 aromatic rings. The number of nitrogens with one attached hydrogen (secondary N) is 2. The molecule has 0 unspecified atom stereocenters. The minimum absolute atomic E-state index is 0.131. The molecule has 2 aliphatic rings. The summed E-state index contributed by atoms with van der Waals surface area (Å²) in [4.78, 5) is 23.7. The number of nitrogens with zero attached hydrogens (tertiary/aromatic N) is 1. The van der Waals surface area contributed by atoms with Crippen molar-refractivity contribution in [1.82, 2.24) is 10.5 Å². The number of hydrogen-bond donors (Lipinski definition) is 2. The van der Waals surface area contributed by atoms with E-state index < -0.39 is 6.09 Å². The maximum atomic E-state index is 12.2. The Bertz CT molecular complexity index is 968. The normalized spacial score (nSPS) is 18.4. The van der Waals surface area contributed by atoms with Gasteiger partial charge in [0.15, 0.2) is 0 Å². The van der Waals surface area contributed by atoms with E-state index in [1.807, 2.05) is 31.2 Å². The summed E-state index contributed by atoms with van der Waals surface area (Å²) in [5, 5.41) is 4.47. The molecule has 2 aromatic carbocycles. The number of benzene rings is 2. The van der Waals surface area contributed by atoms with Gasteiger partial charge in [0.2, 0.25) is 0 Å². The van der Waals surface area contributed by atoms with Crippen LogP contribution in [0.15, 0.2) is 54.6 Å². The van der Waals surface area contributed by atoms with Crippen molar-refractivity contribution < 1.29 is 14.5 Å². The van der Waals surface area contributed by atoms with Gasteiger partial charge < -0.3 is 4.84 Å². The minimum Gasteiger partial charge on any atom is -0.351 e. The summed E-state index contributed by atoms with van der Waals surface area (Å²) < 4.78 is 0. The van der Waals surface area contributed by atoms with Gasteiger partial charge in [0.05, 0.1) is 5.70 Å². The summed E-state index contributed by atoms with van der Waals surface area (Å²) in [6, 6.07) is 16.3. The molecule has 4 rings (SSSR count). The molecule has 6 heteroatoms. The van der Waals surface area contributed by atoms with Crippen molar-refractivity contribution in [1.29, 1.82) is 0 Å². The Hall–Kier alpha value is -2.83. The Kier molecular flexibility index (Phi) is 5.77. The first-order chi connectivity index (χ1) is 14.7. The Morgan fingerprint density at radius 1 is 1.13 bits per heavy atom. The van der Waals surface area contributed by atoms with Crippen LogP contribution in [0.25, 0.3) is 5.70 Å². The number of aryl methyl sites for hydroxylation is 1. The van der Waals surface area contributed by atoms with Gasteiger partial charge >= 0.3 is 6.09 Å². The predicted molar refractivity (Wildman–Crippen MR) is 122 cm³/mol. The monoisotopic (exact) mass is 421 g/mol. The molecule has 164 valence electrons. The SMILES string of the molecule is Cc1cccc(NC(=O)ON2CCC3(C=C(c4ccc(C(C)(C)C)cc4)NO3)CC2)c1. The number of rotatable bonds is 3. The maximum absolute atomic E-state index is 12.2. The number of carbonyl (C=O) groups is 1. The summed E-state index contributed by atoms with van der Waals surface area (Å²) in [6.07, 6.45) is 3.17. The highest BCUT2D eigenvalue weighted by molar-refractivity contribution is 5.84. The number of hydroxylamine groups is 3. The molecule has 31 heavy (non-hydrogen) atoms. The van der Waals surface area contributed by atoms with E-state index in [-0.39, 0.29) is 11.0 Å². The van der Waals surface area contributed by atoms with Crippen LogP contribution in [-0.4, -0.2) is 29.8 Å². The molecular weight excluding hydrogens is 390 g/mol. The molecule has 1 fully saturated rings. The largest absolute Gasteiger partial charge is 0.430 e. The van der Waals surface area contributed by atoms with Crippen molar-refractivity contribution in [2.75, 3.05) is 18.4 Å². The van der Waals surface area contributed by atoms with Gasteiger partial charge in [-0.3, -0.25) is 15.6 Å². The van der Waals surface area contributed by atoms with E-state index in [4.69, 9.17) is 9.68 Å². The summed E-state index contributed by atoms with van der Waals surface area (Å²) in [5.41, 5.74) is 8.09. The lowest BCUT2D eigenvalue weighted by molar-refractivity contribution is -0.153. The third-order valence-corrected chi connectivity index (χ3v) is 5.88. The van der Waals surface area contributed by atoms with Crippen molar-refractivity contribution in [3.05, 3.63) is 71.3 Å². The molecule has 1 saturated heterocycles. The molecule has 1 amide bonds. The van der Waals surface area contributed by atoms with Crippen LogP contribution in [0.5, 0.6) is 0 Å². The zero-order valence-electron chi connectivity index (χ0n) is 18.7. The van der Waals surface area contributed by atoms with Crippen LogP contribution >= 0.6 is 0 Å². The summed E-state index contributed by atoms with van der Waals surface area (Å²) in [6.45, 7) is 9.83. The second-order valence-electron chi connectivity index (χ2n) is 9.46. The van der Waals surface area contributed by atoms with Crippen molar-refractivity contribution >= 4 is 17.5 Å². The molecule has 6 nitrogen and oxygen atoms in total. The summed E-state index contributed by atoms with van der Waals surface area (Å²) >= 11 is 0. The van der Waals surface area contributed by atoms with Gasteiger partial charge in [0, 0.05) is 18.8 Å². The number of anilines is 1. The van der Waals surface area contributed by atoms with Gasteiger partial charge in [-0.1, -0.05) is 57.2 Å². The molecule has 0 aliphatic carbocycles. The Morgan fingerprint density at radius 3 is 2.48 bits per heavy atom. The number of hydrogen-bond acceptors (Lipinski definition) is 5. The van der Waals surface area contributed by atoms with E-state index in [1.54, 1.807) is 5.06 Å². The van der Waals surface area contributed by atoms with Crippen LogP contribution in [0.4, 0.5) is 10.5 Å². The van der Waals surface area contributed by atoms with Gasteiger partial charge in [0.1, 0.15) is 5.60 Å². The van der Waals surface area contributed by atoms with Gasteiger partial charge in [-0.25, -0.2) is 4.79 Å². The number of carbonyl (C=O) groups excluding carboxylic acids is 1. The molecule has 0 aromatic heterocycles. The lowest BCUT2D eigenvalue weighted by Gasteiger charge is -2.35. The summed E-state index contributed by atoms with van der Waals surface area (Å²) in [7, 11) is 0. The first kappa shape index (κ1) is 21.4. The molecule has 2 heterocycles. The van der Waals surface area contributed by atoms with Crippen LogP contribution in [0.1, 0.15) is 50.3 Å². The first-order valence-electron chi connectivity index (χ1n) is 10.8. The lowest BCUT2D eigenvalue weighted by Crippen LogP contribution is -2.45. The maximum Gasteiger partial charge on any atom is 0.430 e. The molecule has 2 N–H and O–H groups in total. The Balaban J connectivity index is 1.33. The Morgan fingerprint density at radius 2 is 1.84 bits per heavy atom. The van der Waals surface area contributed by atoms with Crippen LogP contribution in [0, 0.1) is 6.92 Å². The summed E-state index contributed by atoms with van der Waals surface area (Å²) in [5.74, 6) is 0. The van der Waals surface area contributed by atoms with E-state index in [9.17, 15) is 4.79 Å². The predicted octanol–water partition coefficient (Wildman–Crippen LogP) is 5.17. The van der Waals surface area contributed by atoms with Crippen molar-refractivity contribution in [2.24, 2.45) is 0 Å². The minimum atomic E-state index is -0.470. The highest BCUT2D eigenvalue weighted by Crippen LogP contribution is 2.35. The fourth-order valence-electron chi connectivity index (χ4n) is 3.95.